The zero-order chi connectivity index (χ0) is 19.0. The van der Waals surface area contributed by atoms with Crippen molar-refractivity contribution in [2.45, 2.75) is 0 Å². The van der Waals surface area contributed by atoms with Gasteiger partial charge >= 0.3 is 5.97 Å². The largest absolute Gasteiger partial charge is 0.480 e. The number of ether oxygens (including phenoxy) is 2. The number of benzene rings is 2. The van der Waals surface area contributed by atoms with Crippen LogP contribution in [0.2, 0.25) is 0 Å². The van der Waals surface area contributed by atoms with E-state index in [1.807, 2.05) is 24.3 Å². The molecule has 2 heterocycles. The van der Waals surface area contributed by atoms with E-state index in [1.165, 1.54) is 0 Å². The van der Waals surface area contributed by atoms with E-state index in [9.17, 15) is 10.1 Å². The van der Waals surface area contributed by atoms with Gasteiger partial charge in [0.1, 0.15) is 12.4 Å². The van der Waals surface area contributed by atoms with Crippen LogP contribution >= 0.6 is 0 Å². The first-order valence-corrected chi connectivity index (χ1v) is 8.22. The number of fused-ring (bicyclic) bond motifs is 2. The van der Waals surface area contributed by atoms with Gasteiger partial charge in [-0.25, -0.2) is 4.98 Å². The second kappa shape index (κ2) is 6.50. The predicted octanol–water partition coefficient (Wildman–Crippen LogP) is 3.02. The van der Waals surface area contributed by atoms with Crippen molar-refractivity contribution in [2.75, 3.05) is 25.3 Å². The molecule has 0 saturated heterocycles. The molecule has 0 fully saturated rings. The van der Waals surface area contributed by atoms with Crippen molar-refractivity contribution in [1.82, 2.24) is 4.98 Å². The molecule has 0 radical (unpaired) electrons. The highest BCUT2D eigenvalue weighted by atomic mass is 16.7. The minimum atomic E-state index is -0.945. The second-order valence-electron chi connectivity index (χ2n) is 6.19. The van der Waals surface area contributed by atoms with Crippen molar-refractivity contribution < 1.29 is 19.4 Å². The SMILES string of the molecule is CN(CC(=O)O)c1ncc(-c2cccc(C#N)c2)c2cc3c(cc12)OCO3. The fraction of sp³-hybridized carbons (Fsp3) is 0.150. The maximum absolute atomic E-state index is 11.1. The average molecular weight is 361 g/mol. The number of hydrogen-bond donors (Lipinski definition) is 1. The summed E-state index contributed by atoms with van der Waals surface area (Å²) in [5, 5.41) is 19.9. The third-order valence-corrected chi connectivity index (χ3v) is 4.40. The number of carbonyl (C=O) groups is 1. The zero-order valence-corrected chi connectivity index (χ0v) is 14.5. The number of rotatable bonds is 4. The van der Waals surface area contributed by atoms with Gasteiger partial charge in [-0.3, -0.25) is 4.79 Å². The number of pyridine rings is 1. The number of carboxylic acid groups (broad SMARTS) is 1. The second-order valence-corrected chi connectivity index (χ2v) is 6.19. The Kier molecular flexibility index (Phi) is 4.01. The summed E-state index contributed by atoms with van der Waals surface area (Å²) in [6, 6.07) is 13.1. The summed E-state index contributed by atoms with van der Waals surface area (Å²) in [6.07, 6.45) is 1.69. The lowest BCUT2D eigenvalue weighted by molar-refractivity contribution is -0.135. The van der Waals surface area contributed by atoms with Gasteiger partial charge in [0.05, 0.1) is 11.6 Å². The molecule has 134 valence electrons. The molecular formula is C20H15N3O4. The van der Waals surface area contributed by atoms with E-state index >= 15 is 0 Å². The van der Waals surface area contributed by atoms with Gasteiger partial charge in [0, 0.05) is 24.2 Å². The molecule has 0 aliphatic carbocycles. The maximum atomic E-state index is 11.1. The number of hydrogen-bond acceptors (Lipinski definition) is 6. The molecule has 0 amide bonds. The molecule has 0 unspecified atom stereocenters. The van der Waals surface area contributed by atoms with Crippen LogP contribution in [-0.4, -0.2) is 36.4 Å². The molecule has 7 nitrogen and oxygen atoms in total. The highest BCUT2D eigenvalue weighted by molar-refractivity contribution is 6.04. The molecule has 1 aliphatic rings. The summed E-state index contributed by atoms with van der Waals surface area (Å²) in [6.45, 7) is -0.0432. The molecule has 1 aliphatic heterocycles. The fourth-order valence-electron chi connectivity index (χ4n) is 3.18. The highest BCUT2D eigenvalue weighted by Crippen LogP contribution is 2.42. The van der Waals surface area contributed by atoms with Crippen LogP contribution in [-0.2, 0) is 4.79 Å². The molecule has 27 heavy (non-hydrogen) atoms. The monoisotopic (exact) mass is 361 g/mol. The predicted molar refractivity (Wildman–Crippen MR) is 98.9 cm³/mol. The van der Waals surface area contributed by atoms with Gasteiger partial charge in [-0.15, -0.1) is 0 Å². The summed E-state index contributed by atoms with van der Waals surface area (Å²) in [7, 11) is 1.68. The van der Waals surface area contributed by atoms with Crippen molar-refractivity contribution in [1.29, 1.82) is 5.26 Å². The maximum Gasteiger partial charge on any atom is 0.323 e. The van der Waals surface area contributed by atoms with Crippen LogP contribution in [0.25, 0.3) is 21.9 Å². The number of aliphatic carboxylic acids is 1. The molecule has 2 aromatic carbocycles. The minimum absolute atomic E-state index is 0.138. The van der Waals surface area contributed by atoms with Crippen LogP contribution in [0.5, 0.6) is 11.5 Å². The smallest absolute Gasteiger partial charge is 0.323 e. The van der Waals surface area contributed by atoms with Crippen LogP contribution in [0.15, 0.2) is 42.6 Å². The Hall–Kier alpha value is -3.79. The third-order valence-electron chi connectivity index (χ3n) is 4.40. The van der Waals surface area contributed by atoms with Crippen molar-refractivity contribution >= 4 is 22.6 Å². The Morgan fingerprint density at radius 2 is 2.00 bits per heavy atom. The summed E-state index contributed by atoms with van der Waals surface area (Å²) in [5.74, 6) is 0.806. The van der Waals surface area contributed by atoms with Crippen molar-refractivity contribution in [3.8, 4) is 28.7 Å². The van der Waals surface area contributed by atoms with Crippen LogP contribution in [0.3, 0.4) is 0 Å². The normalized spacial score (nSPS) is 12.0. The first-order chi connectivity index (χ1) is 13.1. The average Bonchev–Trinajstić information content (AvgIpc) is 3.12. The highest BCUT2D eigenvalue weighted by Gasteiger charge is 2.20. The van der Waals surface area contributed by atoms with Gasteiger partial charge < -0.3 is 19.5 Å². The first-order valence-electron chi connectivity index (χ1n) is 8.22. The molecule has 0 saturated carbocycles. The van der Waals surface area contributed by atoms with Crippen LogP contribution in [0.1, 0.15) is 5.56 Å². The van der Waals surface area contributed by atoms with Crippen molar-refractivity contribution in [2.24, 2.45) is 0 Å². The summed E-state index contributed by atoms with van der Waals surface area (Å²) in [5.41, 5.74) is 2.22. The number of nitrogens with zero attached hydrogens (tertiary/aromatic N) is 3. The topological polar surface area (TPSA) is 95.7 Å². The van der Waals surface area contributed by atoms with Gasteiger partial charge in [0.25, 0.3) is 0 Å². The minimum Gasteiger partial charge on any atom is -0.480 e. The zero-order valence-electron chi connectivity index (χ0n) is 14.5. The number of carboxylic acids is 1. The van der Waals surface area contributed by atoms with E-state index in [0.29, 0.717) is 22.9 Å². The van der Waals surface area contributed by atoms with Crippen molar-refractivity contribution in [3.05, 3.63) is 48.2 Å². The Balaban J connectivity index is 1.96. The molecule has 4 rings (SSSR count). The number of anilines is 1. The van der Waals surface area contributed by atoms with Crippen molar-refractivity contribution in [3.63, 3.8) is 0 Å². The standard InChI is InChI=1S/C20H15N3O4/c1-23(10-19(24)25)20-15-7-18-17(26-11-27-18)6-14(15)16(9-22-20)13-4-2-3-12(5-13)8-21/h2-7,9H,10-11H2,1H3,(H,24,25). The van der Waals surface area contributed by atoms with E-state index in [4.69, 9.17) is 14.6 Å². The Morgan fingerprint density at radius 3 is 2.70 bits per heavy atom. The summed E-state index contributed by atoms with van der Waals surface area (Å²) < 4.78 is 11.0. The van der Waals surface area contributed by atoms with E-state index in [1.54, 1.807) is 30.3 Å². The molecule has 1 aromatic heterocycles. The van der Waals surface area contributed by atoms with E-state index in [-0.39, 0.29) is 13.3 Å². The molecule has 3 aromatic rings. The van der Waals surface area contributed by atoms with Gasteiger partial charge in [-0.2, -0.15) is 5.26 Å². The molecule has 0 atom stereocenters. The fourth-order valence-corrected chi connectivity index (χ4v) is 3.18. The molecular weight excluding hydrogens is 346 g/mol. The third kappa shape index (κ3) is 2.98. The number of nitriles is 1. The van der Waals surface area contributed by atoms with E-state index in [0.717, 1.165) is 21.9 Å². The Morgan fingerprint density at radius 1 is 1.26 bits per heavy atom. The molecule has 7 heteroatoms. The van der Waals surface area contributed by atoms with Gasteiger partial charge in [0.2, 0.25) is 6.79 Å². The lowest BCUT2D eigenvalue weighted by Gasteiger charge is -2.19. The van der Waals surface area contributed by atoms with Crippen LogP contribution < -0.4 is 14.4 Å². The van der Waals surface area contributed by atoms with Gasteiger partial charge in [0.15, 0.2) is 11.5 Å². The number of aromatic nitrogens is 1. The van der Waals surface area contributed by atoms with Gasteiger partial charge in [-0.1, -0.05) is 12.1 Å². The van der Waals surface area contributed by atoms with Crippen LogP contribution in [0.4, 0.5) is 5.82 Å². The lowest BCUT2D eigenvalue weighted by Crippen LogP contribution is -2.26. The molecule has 1 N–H and O–H groups in total. The molecule has 0 spiro atoms. The van der Waals surface area contributed by atoms with E-state index < -0.39 is 5.97 Å². The Labute approximate surface area is 155 Å². The Bertz CT molecular complexity index is 1100. The summed E-state index contributed by atoms with van der Waals surface area (Å²) >= 11 is 0. The molecule has 0 bridgehead atoms. The van der Waals surface area contributed by atoms with Crippen LogP contribution in [0, 0.1) is 11.3 Å². The first kappa shape index (κ1) is 16.7. The number of likely N-dealkylation sites (N-methyl/N-ethyl adjacent to an activating group) is 1. The summed E-state index contributed by atoms with van der Waals surface area (Å²) in [4.78, 5) is 17.2. The van der Waals surface area contributed by atoms with Gasteiger partial charge in [-0.05, 0) is 35.2 Å². The quantitative estimate of drug-likeness (QED) is 0.763. The van der Waals surface area contributed by atoms with E-state index in [2.05, 4.69) is 11.1 Å². The lowest BCUT2D eigenvalue weighted by atomic mass is 9.98.